The summed E-state index contributed by atoms with van der Waals surface area (Å²) in [6.45, 7) is 4.13. The number of hydrogen-bond donors (Lipinski definition) is 2. The molecular formula is C19H20N2O4. The number of aromatic hydroxyl groups is 1. The van der Waals surface area contributed by atoms with E-state index >= 15 is 0 Å². The van der Waals surface area contributed by atoms with E-state index in [1.54, 1.807) is 24.3 Å². The molecule has 0 aliphatic rings. The Morgan fingerprint density at radius 2 is 2.08 bits per heavy atom. The van der Waals surface area contributed by atoms with Crippen molar-refractivity contribution in [3.63, 3.8) is 0 Å². The Bertz CT molecular complexity index is 815. The van der Waals surface area contributed by atoms with E-state index < -0.39 is 10.8 Å². The number of non-ortho nitro benzene ring substituents is 1. The average molecular weight is 340 g/mol. The number of rotatable bonds is 6. The van der Waals surface area contributed by atoms with Gasteiger partial charge >= 0.3 is 0 Å². The van der Waals surface area contributed by atoms with Crippen LogP contribution < -0.4 is 5.32 Å². The van der Waals surface area contributed by atoms with E-state index in [0.29, 0.717) is 17.2 Å². The van der Waals surface area contributed by atoms with Gasteiger partial charge in [-0.25, -0.2) is 0 Å². The molecule has 0 aliphatic heterocycles. The smallest absolute Gasteiger partial charge is 0.270 e. The summed E-state index contributed by atoms with van der Waals surface area (Å²) >= 11 is 0. The lowest BCUT2D eigenvalue weighted by molar-refractivity contribution is -0.384. The lowest BCUT2D eigenvalue weighted by atomic mass is 9.98. The highest BCUT2D eigenvalue weighted by Crippen LogP contribution is 2.29. The molecule has 0 fully saturated rings. The normalized spacial score (nSPS) is 12.1. The number of anilines is 1. The quantitative estimate of drug-likeness (QED) is 0.351. The molecule has 0 spiro atoms. The lowest BCUT2D eigenvalue weighted by Gasteiger charge is -2.12. The third kappa shape index (κ3) is 4.91. The van der Waals surface area contributed by atoms with Gasteiger partial charge in [-0.05, 0) is 41.7 Å². The zero-order chi connectivity index (χ0) is 18.4. The Labute approximate surface area is 146 Å². The summed E-state index contributed by atoms with van der Waals surface area (Å²) in [6.07, 6.45) is 3.70. The van der Waals surface area contributed by atoms with E-state index in [0.717, 1.165) is 12.0 Å². The number of nitrogens with zero attached hydrogens (tertiary/aromatic N) is 1. The van der Waals surface area contributed by atoms with Gasteiger partial charge in [0.2, 0.25) is 5.91 Å². The van der Waals surface area contributed by atoms with E-state index in [-0.39, 0.29) is 11.4 Å². The first kappa shape index (κ1) is 18.2. The Kier molecular flexibility index (Phi) is 5.89. The molecule has 0 bridgehead atoms. The second-order valence-corrected chi connectivity index (χ2v) is 5.76. The minimum absolute atomic E-state index is 0.00917. The summed E-state index contributed by atoms with van der Waals surface area (Å²) in [5.41, 5.74) is 1.83. The first-order valence-electron chi connectivity index (χ1n) is 7.97. The molecule has 2 rings (SSSR count). The number of carbonyl (C=O) groups is 1. The third-order valence-corrected chi connectivity index (χ3v) is 3.97. The predicted octanol–water partition coefficient (Wildman–Crippen LogP) is 4.47. The van der Waals surface area contributed by atoms with Gasteiger partial charge in [0, 0.05) is 18.2 Å². The summed E-state index contributed by atoms with van der Waals surface area (Å²) in [4.78, 5) is 22.2. The molecule has 2 aromatic rings. The van der Waals surface area contributed by atoms with Crippen LogP contribution in [0.5, 0.6) is 5.75 Å². The highest BCUT2D eigenvalue weighted by atomic mass is 16.6. The average Bonchev–Trinajstić information content (AvgIpc) is 2.61. The van der Waals surface area contributed by atoms with E-state index in [1.165, 1.54) is 24.3 Å². The van der Waals surface area contributed by atoms with Crippen LogP contribution in [-0.4, -0.2) is 15.9 Å². The van der Waals surface area contributed by atoms with Crippen LogP contribution >= 0.6 is 0 Å². The van der Waals surface area contributed by atoms with Crippen molar-refractivity contribution in [1.82, 2.24) is 0 Å². The van der Waals surface area contributed by atoms with Crippen molar-refractivity contribution in [1.29, 1.82) is 0 Å². The van der Waals surface area contributed by atoms with Crippen molar-refractivity contribution in [2.75, 3.05) is 5.32 Å². The number of nitro benzene ring substituents is 1. The molecule has 0 saturated heterocycles. The van der Waals surface area contributed by atoms with Crippen LogP contribution in [0, 0.1) is 10.1 Å². The van der Waals surface area contributed by atoms with Gasteiger partial charge in [-0.15, -0.1) is 0 Å². The number of nitrogens with one attached hydrogen (secondary N) is 1. The number of hydrogen-bond acceptors (Lipinski definition) is 4. The predicted molar refractivity (Wildman–Crippen MR) is 97.6 cm³/mol. The second kappa shape index (κ2) is 8.10. The summed E-state index contributed by atoms with van der Waals surface area (Å²) < 4.78 is 0. The molecule has 0 aromatic heterocycles. The summed E-state index contributed by atoms with van der Waals surface area (Å²) in [6, 6.07) is 11.2. The molecule has 0 heterocycles. The van der Waals surface area contributed by atoms with Crippen LogP contribution in [0.4, 0.5) is 11.4 Å². The third-order valence-electron chi connectivity index (χ3n) is 3.97. The van der Waals surface area contributed by atoms with Crippen molar-refractivity contribution < 1.29 is 14.8 Å². The minimum Gasteiger partial charge on any atom is -0.506 e. The molecule has 1 atom stereocenters. The largest absolute Gasteiger partial charge is 0.506 e. The summed E-state index contributed by atoms with van der Waals surface area (Å²) in [7, 11) is 0. The van der Waals surface area contributed by atoms with Gasteiger partial charge in [-0.2, -0.15) is 0 Å². The molecule has 2 aromatic carbocycles. The lowest BCUT2D eigenvalue weighted by Crippen LogP contribution is -2.08. The number of amides is 1. The monoisotopic (exact) mass is 340 g/mol. The Balaban J connectivity index is 2.07. The molecule has 130 valence electrons. The van der Waals surface area contributed by atoms with Gasteiger partial charge in [0.25, 0.3) is 5.69 Å². The first-order valence-corrected chi connectivity index (χ1v) is 7.97. The van der Waals surface area contributed by atoms with E-state index in [4.69, 9.17) is 0 Å². The van der Waals surface area contributed by atoms with Crippen LogP contribution in [0.15, 0.2) is 48.5 Å². The fourth-order valence-electron chi connectivity index (χ4n) is 2.28. The zero-order valence-corrected chi connectivity index (χ0v) is 14.1. The van der Waals surface area contributed by atoms with E-state index in [9.17, 15) is 20.0 Å². The molecule has 6 heteroatoms. The topological polar surface area (TPSA) is 92.5 Å². The van der Waals surface area contributed by atoms with Crippen molar-refractivity contribution in [3.8, 4) is 5.75 Å². The highest BCUT2D eigenvalue weighted by Gasteiger charge is 2.09. The molecule has 0 radical (unpaired) electrons. The number of phenols is 1. The van der Waals surface area contributed by atoms with Crippen molar-refractivity contribution in [3.05, 3.63) is 69.8 Å². The number of phenolic OH excluding ortho intramolecular Hbond substituents is 1. The molecule has 0 aliphatic carbocycles. The van der Waals surface area contributed by atoms with Gasteiger partial charge in [0.1, 0.15) is 5.75 Å². The maximum absolute atomic E-state index is 12.0. The standard InChI is InChI=1S/C19H20N2O4/c1-3-13(2)15-8-9-17(18(22)12-15)20-19(23)10-7-14-5-4-6-16(11-14)21(24)25/h4-13,22H,3H2,1-2H3,(H,20,23)/b10-7+. The van der Waals surface area contributed by atoms with Gasteiger partial charge in [-0.1, -0.05) is 32.0 Å². The molecule has 2 N–H and O–H groups in total. The van der Waals surface area contributed by atoms with E-state index in [1.807, 2.05) is 6.07 Å². The van der Waals surface area contributed by atoms with Gasteiger partial charge in [0.15, 0.2) is 0 Å². The fourth-order valence-corrected chi connectivity index (χ4v) is 2.28. The zero-order valence-electron chi connectivity index (χ0n) is 14.1. The Morgan fingerprint density at radius 3 is 2.72 bits per heavy atom. The molecule has 25 heavy (non-hydrogen) atoms. The molecular weight excluding hydrogens is 320 g/mol. The first-order chi connectivity index (χ1) is 11.9. The Morgan fingerprint density at radius 1 is 1.32 bits per heavy atom. The van der Waals surface area contributed by atoms with Crippen molar-refractivity contribution in [2.45, 2.75) is 26.2 Å². The molecule has 0 saturated carbocycles. The maximum atomic E-state index is 12.0. The van der Waals surface area contributed by atoms with Crippen LogP contribution in [0.3, 0.4) is 0 Å². The number of nitro groups is 1. The number of carbonyl (C=O) groups excluding carboxylic acids is 1. The van der Waals surface area contributed by atoms with E-state index in [2.05, 4.69) is 19.2 Å². The molecule has 6 nitrogen and oxygen atoms in total. The Hall–Kier alpha value is -3.15. The number of benzene rings is 2. The minimum atomic E-state index is -0.492. The maximum Gasteiger partial charge on any atom is 0.270 e. The second-order valence-electron chi connectivity index (χ2n) is 5.76. The van der Waals surface area contributed by atoms with Crippen molar-refractivity contribution in [2.24, 2.45) is 0 Å². The summed E-state index contributed by atoms with van der Waals surface area (Å²) in [5.74, 6) is -0.0996. The van der Waals surface area contributed by atoms with Gasteiger partial charge in [0.05, 0.1) is 10.6 Å². The van der Waals surface area contributed by atoms with Crippen molar-refractivity contribution >= 4 is 23.4 Å². The molecule has 1 unspecified atom stereocenters. The highest BCUT2D eigenvalue weighted by molar-refractivity contribution is 6.02. The molecule has 1 amide bonds. The van der Waals surface area contributed by atoms with Crippen LogP contribution in [-0.2, 0) is 4.79 Å². The van der Waals surface area contributed by atoms with Crippen LogP contribution in [0.1, 0.15) is 37.3 Å². The van der Waals surface area contributed by atoms with Gasteiger partial charge in [-0.3, -0.25) is 14.9 Å². The SMILES string of the molecule is CCC(C)c1ccc(NC(=O)/C=C/c2cccc([N+](=O)[O-])c2)c(O)c1. The fraction of sp³-hybridized carbons (Fsp3) is 0.211. The van der Waals surface area contributed by atoms with Crippen LogP contribution in [0.25, 0.3) is 6.08 Å². The summed E-state index contributed by atoms with van der Waals surface area (Å²) in [5, 5.41) is 23.4. The van der Waals surface area contributed by atoms with Crippen LogP contribution in [0.2, 0.25) is 0 Å². The van der Waals surface area contributed by atoms with Gasteiger partial charge < -0.3 is 10.4 Å².